The highest BCUT2D eigenvalue weighted by Gasteiger charge is 2.26. The number of pyridine rings is 1. The smallest absolute Gasteiger partial charge is 0.176 e. The minimum Gasteiger partial charge on any atom is -0.452 e. The summed E-state index contributed by atoms with van der Waals surface area (Å²) in [6, 6.07) is 17.2. The molecule has 1 saturated carbocycles. The van der Waals surface area contributed by atoms with Crippen molar-refractivity contribution in [2.75, 3.05) is 11.9 Å². The molecule has 1 aliphatic rings. The largest absolute Gasteiger partial charge is 0.452 e. The van der Waals surface area contributed by atoms with Crippen LogP contribution in [0.5, 0.6) is 0 Å². The monoisotopic (exact) mass is 419 g/mol. The molecule has 0 spiro atoms. The molecule has 0 radical (unpaired) electrons. The summed E-state index contributed by atoms with van der Waals surface area (Å²) in [6.07, 6.45) is 5.17. The number of hydrogen-bond acceptors (Lipinski definition) is 6. The topological polar surface area (TPSA) is 73.3 Å². The van der Waals surface area contributed by atoms with Crippen LogP contribution in [-0.2, 0) is 4.18 Å². The first-order chi connectivity index (χ1) is 14.7. The van der Waals surface area contributed by atoms with Crippen LogP contribution in [0.25, 0.3) is 33.2 Å². The van der Waals surface area contributed by atoms with Gasteiger partial charge in [-0.1, -0.05) is 36.4 Å². The van der Waals surface area contributed by atoms with Crippen molar-refractivity contribution < 1.29 is 8.60 Å². The van der Waals surface area contributed by atoms with Crippen LogP contribution in [0.1, 0.15) is 24.8 Å². The van der Waals surface area contributed by atoms with Gasteiger partial charge >= 0.3 is 0 Å². The molecule has 0 bridgehead atoms. The Balaban J connectivity index is 1.46. The molecule has 0 unspecified atom stereocenters. The summed E-state index contributed by atoms with van der Waals surface area (Å²) in [5.74, 6) is 1.39. The maximum absolute atomic E-state index is 6.37. The van der Waals surface area contributed by atoms with Gasteiger partial charge < -0.3 is 13.9 Å². The van der Waals surface area contributed by atoms with Crippen molar-refractivity contribution in [3.63, 3.8) is 0 Å². The highest BCUT2D eigenvalue weighted by Crippen LogP contribution is 2.37. The van der Waals surface area contributed by atoms with Crippen molar-refractivity contribution in [1.29, 1.82) is 0 Å². The standard InChI is InChI=1S/C24H25N3O2S/c1-15-6-9-20(19-5-3-2-4-18(15)19)23-13-22-24(29-23)21(10-11-26-22)27-17-8-7-16(12-17)14-28-30-25/h2-6,9-11,13,16-17H,7-8,12,14,25H2,1H3,(H,26,27)/t16-,17+/m1/s1. The van der Waals surface area contributed by atoms with Crippen LogP contribution in [0.4, 0.5) is 5.69 Å². The van der Waals surface area contributed by atoms with Crippen molar-refractivity contribution in [2.24, 2.45) is 11.1 Å². The molecular weight excluding hydrogens is 394 g/mol. The van der Waals surface area contributed by atoms with E-state index in [-0.39, 0.29) is 0 Å². The third kappa shape index (κ3) is 3.67. The zero-order chi connectivity index (χ0) is 20.5. The predicted octanol–water partition coefficient (Wildman–Crippen LogP) is 6.08. The Kier molecular flexibility index (Phi) is 5.37. The van der Waals surface area contributed by atoms with Crippen LogP contribution in [0.3, 0.4) is 0 Å². The Hall–Kier alpha value is -2.54. The van der Waals surface area contributed by atoms with Crippen LogP contribution in [0.2, 0.25) is 0 Å². The number of rotatable bonds is 6. The maximum atomic E-state index is 6.37. The second-order valence-electron chi connectivity index (χ2n) is 8.06. The molecule has 30 heavy (non-hydrogen) atoms. The van der Waals surface area contributed by atoms with E-state index in [0.717, 1.165) is 59.6 Å². The first-order valence-electron chi connectivity index (χ1n) is 10.3. The molecule has 0 amide bonds. The van der Waals surface area contributed by atoms with E-state index >= 15 is 0 Å². The van der Waals surface area contributed by atoms with Gasteiger partial charge in [-0.25, -0.2) is 0 Å². The summed E-state index contributed by atoms with van der Waals surface area (Å²) in [7, 11) is 0. The van der Waals surface area contributed by atoms with Crippen molar-refractivity contribution in [2.45, 2.75) is 32.2 Å². The van der Waals surface area contributed by atoms with E-state index in [1.807, 2.05) is 18.3 Å². The fourth-order valence-electron chi connectivity index (χ4n) is 4.56. The van der Waals surface area contributed by atoms with Crippen LogP contribution in [0.15, 0.2) is 59.1 Å². The number of aromatic nitrogens is 1. The Morgan fingerprint density at radius 1 is 1.17 bits per heavy atom. The van der Waals surface area contributed by atoms with E-state index in [0.29, 0.717) is 18.6 Å². The van der Waals surface area contributed by atoms with Gasteiger partial charge in [0.15, 0.2) is 5.58 Å². The molecule has 5 rings (SSSR count). The lowest BCUT2D eigenvalue weighted by molar-refractivity contribution is 0.290. The number of anilines is 1. The second kappa shape index (κ2) is 8.30. The van der Waals surface area contributed by atoms with Crippen LogP contribution < -0.4 is 10.5 Å². The maximum Gasteiger partial charge on any atom is 0.176 e. The molecule has 5 nitrogen and oxygen atoms in total. The second-order valence-corrected chi connectivity index (χ2v) is 8.49. The Bertz CT molecular complexity index is 1190. The third-order valence-corrected chi connectivity index (χ3v) is 6.36. The Morgan fingerprint density at radius 2 is 2.03 bits per heavy atom. The number of fused-ring (bicyclic) bond motifs is 2. The van der Waals surface area contributed by atoms with Crippen LogP contribution in [0, 0.1) is 12.8 Å². The molecule has 1 aliphatic carbocycles. The molecule has 4 aromatic rings. The summed E-state index contributed by atoms with van der Waals surface area (Å²) in [4.78, 5) is 4.55. The normalized spacial score (nSPS) is 19.0. The van der Waals surface area contributed by atoms with Gasteiger partial charge in [0.1, 0.15) is 11.3 Å². The van der Waals surface area contributed by atoms with Gasteiger partial charge in [0.25, 0.3) is 0 Å². The number of nitrogens with one attached hydrogen (secondary N) is 1. The highest BCUT2D eigenvalue weighted by atomic mass is 32.2. The number of aryl methyl sites for hydroxylation is 1. The summed E-state index contributed by atoms with van der Waals surface area (Å²) < 4.78 is 11.7. The molecule has 6 heteroatoms. The zero-order valence-corrected chi connectivity index (χ0v) is 17.7. The van der Waals surface area contributed by atoms with E-state index in [1.54, 1.807) is 0 Å². The molecule has 2 atom stereocenters. The molecule has 2 aromatic carbocycles. The highest BCUT2D eigenvalue weighted by molar-refractivity contribution is 7.92. The molecule has 2 aromatic heterocycles. The average molecular weight is 420 g/mol. The number of nitrogens with zero attached hydrogens (tertiary/aromatic N) is 1. The molecule has 1 fully saturated rings. The minimum absolute atomic E-state index is 0.403. The van der Waals surface area contributed by atoms with Crippen molar-refractivity contribution >= 4 is 39.8 Å². The predicted molar refractivity (Wildman–Crippen MR) is 124 cm³/mol. The van der Waals surface area contributed by atoms with Gasteiger partial charge in [-0.3, -0.25) is 10.1 Å². The molecule has 0 saturated heterocycles. The van der Waals surface area contributed by atoms with Crippen molar-refractivity contribution in [3.8, 4) is 11.3 Å². The van der Waals surface area contributed by atoms with Crippen LogP contribution in [-0.4, -0.2) is 17.6 Å². The summed E-state index contributed by atoms with van der Waals surface area (Å²) in [6.45, 7) is 2.84. The SMILES string of the molecule is Cc1ccc(-c2cc3nccc(N[C@H]4CC[C@@H](COSN)C4)c3o2)c2ccccc12. The van der Waals surface area contributed by atoms with Crippen molar-refractivity contribution in [3.05, 3.63) is 60.3 Å². The van der Waals surface area contributed by atoms with E-state index < -0.39 is 0 Å². The molecule has 154 valence electrons. The summed E-state index contributed by atoms with van der Waals surface area (Å²) >= 11 is 0.954. The van der Waals surface area contributed by atoms with Gasteiger partial charge in [-0.05, 0) is 54.5 Å². The molecule has 2 heterocycles. The van der Waals surface area contributed by atoms with Gasteiger partial charge in [0.05, 0.1) is 24.5 Å². The van der Waals surface area contributed by atoms with Gasteiger partial charge in [0.2, 0.25) is 0 Å². The zero-order valence-electron chi connectivity index (χ0n) is 16.9. The Morgan fingerprint density at radius 3 is 2.90 bits per heavy atom. The number of furan rings is 1. The first-order valence-corrected chi connectivity index (χ1v) is 11.2. The number of hydrogen-bond donors (Lipinski definition) is 2. The lowest BCUT2D eigenvalue weighted by Crippen LogP contribution is -2.16. The van der Waals surface area contributed by atoms with E-state index in [9.17, 15) is 0 Å². The minimum atomic E-state index is 0.403. The lowest BCUT2D eigenvalue weighted by Gasteiger charge is -2.14. The quantitative estimate of drug-likeness (QED) is 0.292. The fraction of sp³-hybridized carbons (Fsp3) is 0.292. The first kappa shape index (κ1) is 19.4. The van der Waals surface area contributed by atoms with E-state index in [2.05, 4.69) is 53.6 Å². The lowest BCUT2D eigenvalue weighted by atomic mass is 9.99. The number of benzene rings is 2. The Labute approximate surface area is 180 Å². The fourth-order valence-corrected chi connectivity index (χ4v) is 4.83. The van der Waals surface area contributed by atoms with Gasteiger partial charge in [0, 0.05) is 23.9 Å². The van der Waals surface area contributed by atoms with E-state index in [1.165, 1.54) is 16.3 Å². The number of nitrogens with two attached hydrogens (primary N) is 1. The molecular formula is C24H25N3O2S. The third-order valence-electron chi connectivity index (χ3n) is 6.09. The summed E-state index contributed by atoms with van der Waals surface area (Å²) in [5.41, 5.74) is 5.05. The summed E-state index contributed by atoms with van der Waals surface area (Å²) in [5, 5.41) is 11.5. The molecule has 3 N–H and O–H groups in total. The van der Waals surface area contributed by atoms with E-state index in [4.69, 9.17) is 13.7 Å². The van der Waals surface area contributed by atoms with Gasteiger partial charge in [-0.15, -0.1) is 0 Å². The van der Waals surface area contributed by atoms with Crippen molar-refractivity contribution in [1.82, 2.24) is 4.98 Å². The molecule has 0 aliphatic heterocycles. The van der Waals surface area contributed by atoms with Crippen LogP contribution >= 0.6 is 12.2 Å². The average Bonchev–Trinajstić information content (AvgIpc) is 3.40. The van der Waals surface area contributed by atoms with Gasteiger partial charge in [-0.2, -0.15) is 0 Å².